The summed E-state index contributed by atoms with van der Waals surface area (Å²) in [6, 6.07) is 0. The van der Waals surface area contributed by atoms with Crippen molar-refractivity contribution in [3.63, 3.8) is 0 Å². The molecule has 0 aliphatic heterocycles. The van der Waals surface area contributed by atoms with Crippen molar-refractivity contribution in [1.29, 1.82) is 0 Å². The zero-order chi connectivity index (χ0) is 16.3. The third-order valence-electron chi connectivity index (χ3n) is 3.19. The van der Waals surface area contributed by atoms with E-state index in [0.29, 0.717) is 17.0 Å². The van der Waals surface area contributed by atoms with Gasteiger partial charge in [-0.1, -0.05) is 0 Å². The van der Waals surface area contributed by atoms with Crippen LogP contribution in [0.25, 0.3) is 11.2 Å². The number of hydrogen-bond donors (Lipinski definition) is 5. The second-order valence-electron chi connectivity index (χ2n) is 4.74. The van der Waals surface area contributed by atoms with Gasteiger partial charge in [0.1, 0.15) is 6.10 Å². The number of imidazole rings is 1. The zero-order valence-electron chi connectivity index (χ0n) is 12.3. The third-order valence-corrected chi connectivity index (χ3v) is 3.19. The summed E-state index contributed by atoms with van der Waals surface area (Å²) in [6.45, 7) is 0.702. The van der Waals surface area contributed by atoms with E-state index in [9.17, 15) is 15.3 Å². The number of nitrogen functional groups attached to an aromatic ring is 1. The summed E-state index contributed by atoms with van der Waals surface area (Å²) < 4.78 is 7.00. The number of rotatable bonds is 7. The van der Waals surface area contributed by atoms with Gasteiger partial charge in [-0.25, -0.2) is 4.98 Å². The number of aliphatic hydroxyl groups excluding tert-OH is 3. The number of aliphatic hydroxyl groups is 3. The maximum atomic E-state index is 9.55. The summed E-state index contributed by atoms with van der Waals surface area (Å²) >= 11 is 0. The molecule has 122 valence electrons. The Labute approximate surface area is 126 Å². The van der Waals surface area contributed by atoms with Crippen LogP contribution in [0.5, 0.6) is 0 Å². The van der Waals surface area contributed by atoms with Crippen molar-refractivity contribution in [3.8, 4) is 0 Å². The quantitative estimate of drug-likeness (QED) is 0.420. The van der Waals surface area contributed by atoms with Crippen LogP contribution < -0.4 is 11.1 Å². The van der Waals surface area contributed by atoms with Crippen LogP contribution in [0.4, 0.5) is 11.8 Å². The largest absolute Gasteiger partial charge is 0.394 e. The first-order chi connectivity index (χ1) is 10.5. The van der Waals surface area contributed by atoms with Crippen LogP contribution in [0.2, 0.25) is 0 Å². The third kappa shape index (κ3) is 3.09. The minimum atomic E-state index is -0.901. The van der Waals surface area contributed by atoms with Gasteiger partial charge in [-0.15, -0.1) is 0 Å². The summed E-state index contributed by atoms with van der Waals surface area (Å²) in [6.07, 6.45) is -1.20. The molecule has 0 aliphatic rings. The van der Waals surface area contributed by atoms with E-state index < -0.39 is 25.0 Å². The van der Waals surface area contributed by atoms with Crippen molar-refractivity contribution in [2.75, 3.05) is 31.3 Å². The molecule has 6 N–H and O–H groups in total. The first kappa shape index (κ1) is 16.4. The SMILES string of the molecule is CNc1nc(N)nc2c1ncn2[C@@H](CO)O[C@H](CO)C(C)O. The van der Waals surface area contributed by atoms with Crippen LogP contribution in [0.3, 0.4) is 0 Å². The summed E-state index contributed by atoms with van der Waals surface area (Å²) in [5.41, 5.74) is 6.50. The lowest BCUT2D eigenvalue weighted by molar-refractivity contribution is -0.131. The average Bonchev–Trinajstić information content (AvgIpc) is 2.91. The lowest BCUT2D eigenvalue weighted by Crippen LogP contribution is -2.34. The highest BCUT2D eigenvalue weighted by Gasteiger charge is 2.23. The zero-order valence-corrected chi connectivity index (χ0v) is 12.3. The first-order valence-electron chi connectivity index (χ1n) is 6.74. The van der Waals surface area contributed by atoms with Crippen molar-refractivity contribution in [2.24, 2.45) is 0 Å². The summed E-state index contributed by atoms with van der Waals surface area (Å²) in [5.74, 6) is 0.497. The van der Waals surface area contributed by atoms with Crippen molar-refractivity contribution < 1.29 is 20.1 Å². The van der Waals surface area contributed by atoms with Gasteiger partial charge >= 0.3 is 0 Å². The van der Waals surface area contributed by atoms with Crippen molar-refractivity contribution in [1.82, 2.24) is 19.5 Å². The van der Waals surface area contributed by atoms with E-state index in [-0.39, 0.29) is 12.6 Å². The minimum Gasteiger partial charge on any atom is -0.394 e. The monoisotopic (exact) mass is 312 g/mol. The van der Waals surface area contributed by atoms with E-state index in [1.807, 2.05) is 0 Å². The van der Waals surface area contributed by atoms with Crippen LogP contribution in [-0.4, -0.2) is 67.3 Å². The van der Waals surface area contributed by atoms with Crippen molar-refractivity contribution in [2.45, 2.75) is 25.4 Å². The molecular formula is C12H20N6O4. The number of nitrogens with one attached hydrogen (secondary N) is 1. The molecule has 0 saturated heterocycles. The molecule has 1 unspecified atom stereocenters. The molecule has 2 aromatic rings. The van der Waals surface area contributed by atoms with Crippen LogP contribution >= 0.6 is 0 Å². The second-order valence-corrected chi connectivity index (χ2v) is 4.74. The Hall–Kier alpha value is -2.01. The van der Waals surface area contributed by atoms with E-state index in [2.05, 4.69) is 20.3 Å². The topological polar surface area (TPSA) is 152 Å². The molecule has 3 atom stereocenters. The van der Waals surface area contributed by atoms with Gasteiger partial charge in [0, 0.05) is 7.05 Å². The fourth-order valence-corrected chi connectivity index (χ4v) is 2.03. The minimum absolute atomic E-state index is 0.0459. The predicted molar refractivity (Wildman–Crippen MR) is 79.0 cm³/mol. The van der Waals surface area contributed by atoms with E-state index in [1.54, 1.807) is 7.05 Å². The van der Waals surface area contributed by atoms with Crippen LogP contribution in [0, 0.1) is 0 Å². The predicted octanol–water partition coefficient (Wildman–Crippen LogP) is -1.30. The second kappa shape index (κ2) is 6.83. The fourth-order valence-electron chi connectivity index (χ4n) is 2.03. The summed E-state index contributed by atoms with van der Waals surface area (Å²) in [4.78, 5) is 12.3. The standard InChI is InChI=1S/C12H20N6O4/c1-6(21)7(3-19)22-8(4-20)18-5-15-9-10(14-2)16-12(13)17-11(9)18/h5-8,19-21H,3-4H2,1-2H3,(H3,13,14,16,17)/t6?,7-,8-/m1/s1. The lowest BCUT2D eigenvalue weighted by Gasteiger charge is -2.25. The van der Waals surface area contributed by atoms with E-state index in [4.69, 9.17) is 10.5 Å². The molecule has 0 aromatic carbocycles. The molecule has 10 nitrogen and oxygen atoms in total. The van der Waals surface area contributed by atoms with Crippen LogP contribution in [-0.2, 0) is 4.74 Å². The Morgan fingerprint density at radius 2 is 2.09 bits per heavy atom. The molecule has 2 aromatic heterocycles. The maximum Gasteiger partial charge on any atom is 0.224 e. The smallest absolute Gasteiger partial charge is 0.224 e. The van der Waals surface area contributed by atoms with Crippen molar-refractivity contribution >= 4 is 22.9 Å². The fraction of sp³-hybridized carbons (Fsp3) is 0.583. The molecule has 0 aliphatic carbocycles. The Bertz CT molecular complexity index is 631. The molecule has 0 spiro atoms. The lowest BCUT2D eigenvalue weighted by atomic mass is 10.2. The van der Waals surface area contributed by atoms with Gasteiger partial charge < -0.3 is 31.1 Å². The van der Waals surface area contributed by atoms with Crippen molar-refractivity contribution in [3.05, 3.63) is 6.33 Å². The van der Waals surface area contributed by atoms with Crippen LogP contribution in [0.1, 0.15) is 13.2 Å². The molecule has 0 saturated carbocycles. The van der Waals surface area contributed by atoms with E-state index >= 15 is 0 Å². The molecule has 0 bridgehead atoms. The maximum absolute atomic E-state index is 9.55. The van der Waals surface area contributed by atoms with Gasteiger partial charge in [0.2, 0.25) is 5.95 Å². The highest BCUT2D eigenvalue weighted by molar-refractivity contribution is 5.84. The summed E-state index contributed by atoms with van der Waals surface area (Å²) in [5, 5.41) is 31.2. The van der Waals surface area contributed by atoms with Gasteiger partial charge in [0.25, 0.3) is 0 Å². The van der Waals surface area contributed by atoms with Gasteiger partial charge in [0.15, 0.2) is 23.2 Å². The Kier molecular flexibility index (Phi) is 5.08. The molecular weight excluding hydrogens is 292 g/mol. The highest BCUT2D eigenvalue weighted by atomic mass is 16.5. The van der Waals surface area contributed by atoms with Gasteiger partial charge in [0.05, 0.1) is 25.6 Å². The molecule has 22 heavy (non-hydrogen) atoms. The first-order valence-corrected chi connectivity index (χ1v) is 6.74. The summed E-state index contributed by atoms with van der Waals surface area (Å²) in [7, 11) is 1.68. The number of hydrogen-bond acceptors (Lipinski definition) is 9. The normalized spacial score (nSPS) is 15.7. The molecule has 0 fully saturated rings. The molecule has 10 heteroatoms. The number of nitrogens with two attached hydrogens (primary N) is 1. The number of fused-ring (bicyclic) bond motifs is 1. The van der Waals surface area contributed by atoms with Gasteiger partial charge in [-0.05, 0) is 6.92 Å². The van der Waals surface area contributed by atoms with Gasteiger partial charge in [-0.2, -0.15) is 9.97 Å². The number of aromatic nitrogens is 4. The number of ether oxygens (including phenoxy) is 1. The Morgan fingerprint density at radius 3 is 2.64 bits per heavy atom. The highest BCUT2D eigenvalue weighted by Crippen LogP contribution is 2.23. The van der Waals surface area contributed by atoms with E-state index in [0.717, 1.165) is 0 Å². The molecule has 2 rings (SSSR count). The number of anilines is 2. The number of nitrogens with zero attached hydrogens (tertiary/aromatic N) is 4. The van der Waals surface area contributed by atoms with E-state index in [1.165, 1.54) is 17.8 Å². The molecule has 2 heterocycles. The molecule has 0 amide bonds. The average molecular weight is 312 g/mol. The molecule has 0 radical (unpaired) electrons. The Morgan fingerprint density at radius 1 is 1.36 bits per heavy atom. The van der Waals surface area contributed by atoms with Crippen LogP contribution in [0.15, 0.2) is 6.33 Å². The van der Waals surface area contributed by atoms with Gasteiger partial charge in [-0.3, -0.25) is 4.57 Å². The Balaban J connectivity index is 2.41.